The molecule has 4 aromatic rings. The lowest BCUT2D eigenvalue weighted by atomic mass is 10.1. The summed E-state index contributed by atoms with van der Waals surface area (Å²) in [6.45, 7) is 5.50. The van der Waals surface area contributed by atoms with Gasteiger partial charge in [0, 0.05) is 29.9 Å². The molecule has 1 unspecified atom stereocenters. The first-order chi connectivity index (χ1) is 16.7. The third kappa shape index (κ3) is 5.24. The van der Waals surface area contributed by atoms with Gasteiger partial charge < -0.3 is 5.32 Å². The van der Waals surface area contributed by atoms with E-state index in [1.807, 2.05) is 19.9 Å². The smallest absolute Gasteiger partial charge is 0.267 e. The van der Waals surface area contributed by atoms with Crippen LogP contribution in [0.5, 0.6) is 0 Å². The first-order valence-corrected chi connectivity index (χ1v) is 11.0. The molecule has 0 radical (unpaired) electrons. The van der Waals surface area contributed by atoms with E-state index < -0.39 is 17.5 Å². The Morgan fingerprint density at radius 1 is 0.971 bits per heavy atom. The monoisotopic (exact) mass is 477 g/mol. The Balaban J connectivity index is 1.45. The Labute approximate surface area is 199 Å². The van der Waals surface area contributed by atoms with Crippen molar-refractivity contribution in [2.24, 2.45) is 0 Å². The highest BCUT2D eigenvalue weighted by Gasteiger charge is 2.18. The highest BCUT2D eigenvalue weighted by Crippen LogP contribution is 2.15. The Bertz CT molecular complexity index is 1490. The van der Waals surface area contributed by atoms with Crippen molar-refractivity contribution in [3.05, 3.63) is 92.5 Å². The second-order valence-electron chi connectivity index (χ2n) is 8.07. The van der Waals surface area contributed by atoms with Gasteiger partial charge in [-0.05, 0) is 63.2 Å². The summed E-state index contributed by atoms with van der Waals surface area (Å²) >= 11 is 0. The first-order valence-electron chi connectivity index (χ1n) is 11.0. The summed E-state index contributed by atoms with van der Waals surface area (Å²) in [6, 6.07) is 12.6. The number of nitrogens with one attached hydrogen (secondary N) is 1. The fourth-order valence-corrected chi connectivity index (χ4v) is 3.59. The molecule has 1 atom stereocenters. The molecule has 0 saturated carbocycles. The molecule has 1 amide bonds. The average molecular weight is 478 g/mol. The maximum absolute atomic E-state index is 13.2. The van der Waals surface area contributed by atoms with Crippen LogP contribution in [0.3, 0.4) is 0 Å². The number of nitrogens with zero attached hydrogens (tertiary/aromatic N) is 6. The van der Waals surface area contributed by atoms with E-state index >= 15 is 0 Å². The predicted molar refractivity (Wildman–Crippen MR) is 127 cm³/mol. The third-order valence-corrected chi connectivity index (χ3v) is 5.41. The topological polar surface area (TPSA) is 117 Å². The van der Waals surface area contributed by atoms with E-state index in [0.29, 0.717) is 17.1 Å². The maximum atomic E-state index is 13.2. The van der Waals surface area contributed by atoms with E-state index in [0.717, 1.165) is 16.1 Å². The summed E-state index contributed by atoms with van der Waals surface area (Å²) in [4.78, 5) is 37.3. The second kappa shape index (κ2) is 9.84. The predicted octanol–water partition coefficient (Wildman–Crippen LogP) is 1.79. The van der Waals surface area contributed by atoms with Gasteiger partial charge in [-0.25, -0.2) is 18.4 Å². The number of carbonyl (C=O) groups is 1. The number of halogens is 1. The summed E-state index contributed by atoms with van der Waals surface area (Å²) in [6.07, 6.45) is 0. The average Bonchev–Trinajstić information content (AvgIpc) is 3.18. The van der Waals surface area contributed by atoms with Gasteiger partial charge in [0.2, 0.25) is 5.91 Å². The van der Waals surface area contributed by atoms with Gasteiger partial charge in [0.25, 0.3) is 11.1 Å². The number of hydrogen-bond donors (Lipinski definition) is 1. The summed E-state index contributed by atoms with van der Waals surface area (Å²) in [5.41, 5.74) is 2.04. The van der Waals surface area contributed by atoms with E-state index in [4.69, 9.17) is 0 Å². The molecule has 3 aromatic heterocycles. The van der Waals surface area contributed by atoms with Crippen LogP contribution in [0, 0.1) is 19.7 Å². The van der Waals surface area contributed by atoms with E-state index in [2.05, 4.69) is 20.6 Å². The van der Waals surface area contributed by atoms with E-state index in [1.54, 1.807) is 35.9 Å². The van der Waals surface area contributed by atoms with Crippen molar-refractivity contribution in [1.29, 1.82) is 0 Å². The van der Waals surface area contributed by atoms with E-state index in [9.17, 15) is 18.8 Å². The fourth-order valence-electron chi connectivity index (χ4n) is 3.59. The molecule has 0 fully saturated rings. The molecule has 0 saturated heterocycles. The number of aromatic nitrogens is 6. The molecule has 3 heterocycles. The minimum atomic E-state index is -0.894. The quantitative estimate of drug-likeness (QED) is 0.434. The van der Waals surface area contributed by atoms with Crippen LogP contribution in [0.4, 0.5) is 4.39 Å². The summed E-state index contributed by atoms with van der Waals surface area (Å²) < 4.78 is 17.1. The lowest BCUT2D eigenvalue weighted by Gasteiger charge is -2.15. The zero-order chi connectivity index (χ0) is 25.1. The molecular weight excluding hydrogens is 453 g/mol. The lowest BCUT2D eigenvalue weighted by molar-refractivity contribution is -0.124. The summed E-state index contributed by atoms with van der Waals surface area (Å²) in [5.74, 6) is -0.385. The van der Waals surface area contributed by atoms with Crippen LogP contribution in [0.15, 0.2) is 64.2 Å². The largest absolute Gasteiger partial charge is 0.352 e. The van der Waals surface area contributed by atoms with E-state index in [-0.39, 0.29) is 24.5 Å². The van der Waals surface area contributed by atoms with Crippen molar-refractivity contribution in [2.45, 2.75) is 33.4 Å². The van der Waals surface area contributed by atoms with Gasteiger partial charge in [0.1, 0.15) is 11.9 Å². The first kappa shape index (κ1) is 23.7. The number of aryl methyl sites for hydroxylation is 2. The fraction of sp³-hybridized carbons (Fsp3) is 0.250. The van der Waals surface area contributed by atoms with Crippen LogP contribution >= 0.6 is 0 Å². The molecule has 4 rings (SSSR count). The molecule has 0 spiro atoms. The molecular formula is C24H24FN7O3. The minimum absolute atomic E-state index is 0.106. The Morgan fingerprint density at radius 3 is 2.37 bits per heavy atom. The molecule has 180 valence electrons. The van der Waals surface area contributed by atoms with Gasteiger partial charge in [-0.2, -0.15) is 10.2 Å². The number of amides is 1. The maximum Gasteiger partial charge on any atom is 0.267 e. The standard InChI is InChI=1S/C24H24FN7O3/c1-15-14-16(2)31(27-15)21-9-11-23(34)32(29-21)17(3)24(35)26-12-13-30-22(33)10-8-20(28-30)18-4-6-19(25)7-5-18/h4-11,14,17H,12-13H2,1-3H3,(H,26,35). The van der Waals surface area contributed by atoms with Gasteiger partial charge in [-0.15, -0.1) is 5.10 Å². The van der Waals surface area contributed by atoms with Crippen molar-refractivity contribution in [3.63, 3.8) is 0 Å². The normalized spacial score (nSPS) is 11.9. The van der Waals surface area contributed by atoms with Crippen LogP contribution in [0.2, 0.25) is 0 Å². The number of benzene rings is 1. The Morgan fingerprint density at radius 2 is 1.69 bits per heavy atom. The summed E-state index contributed by atoms with van der Waals surface area (Å²) in [7, 11) is 0. The molecule has 1 aromatic carbocycles. The van der Waals surface area contributed by atoms with Gasteiger partial charge in [0.15, 0.2) is 5.82 Å². The van der Waals surface area contributed by atoms with Gasteiger partial charge in [0.05, 0.1) is 17.9 Å². The summed E-state index contributed by atoms with van der Waals surface area (Å²) in [5, 5.41) is 15.7. The van der Waals surface area contributed by atoms with Crippen LogP contribution < -0.4 is 16.4 Å². The van der Waals surface area contributed by atoms with Crippen molar-refractivity contribution in [2.75, 3.05) is 6.54 Å². The number of carbonyl (C=O) groups excluding carboxylic acids is 1. The van der Waals surface area contributed by atoms with Gasteiger partial charge in [-0.1, -0.05) is 0 Å². The SMILES string of the molecule is Cc1cc(C)n(-c2ccc(=O)n(C(C)C(=O)NCCn3nc(-c4ccc(F)cc4)ccc3=O)n2)n1. The van der Waals surface area contributed by atoms with Crippen LogP contribution in [0.1, 0.15) is 24.4 Å². The van der Waals surface area contributed by atoms with E-state index in [1.165, 1.54) is 28.9 Å². The molecule has 0 aliphatic carbocycles. The zero-order valence-electron chi connectivity index (χ0n) is 19.5. The minimum Gasteiger partial charge on any atom is -0.352 e. The number of hydrogen-bond acceptors (Lipinski definition) is 6. The third-order valence-electron chi connectivity index (χ3n) is 5.41. The second-order valence-corrected chi connectivity index (χ2v) is 8.07. The highest BCUT2D eigenvalue weighted by atomic mass is 19.1. The molecule has 0 aliphatic rings. The van der Waals surface area contributed by atoms with Crippen molar-refractivity contribution in [3.8, 4) is 17.1 Å². The molecule has 0 aliphatic heterocycles. The van der Waals surface area contributed by atoms with Crippen LogP contribution in [-0.2, 0) is 11.3 Å². The molecule has 10 nitrogen and oxygen atoms in total. The van der Waals surface area contributed by atoms with Crippen LogP contribution in [0.25, 0.3) is 17.1 Å². The van der Waals surface area contributed by atoms with Crippen LogP contribution in [-0.4, -0.2) is 41.8 Å². The highest BCUT2D eigenvalue weighted by molar-refractivity contribution is 5.79. The Kier molecular flexibility index (Phi) is 6.67. The van der Waals surface area contributed by atoms with Gasteiger partial charge in [-0.3, -0.25) is 14.4 Å². The van der Waals surface area contributed by atoms with Gasteiger partial charge >= 0.3 is 0 Å². The van der Waals surface area contributed by atoms with Crippen molar-refractivity contribution >= 4 is 5.91 Å². The zero-order valence-corrected chi connectivity index (χ0v) is 19.5. The molecule has 35 heavy (non-hydrogen) atoms. The molecule has 0 bridgehead atoms. The number of rotatable bonds is 7. The lowest BCUT2D eigenvalue weighted by Crippen LogP contribution is -2.39. The molecule has 11 heteroatoms. The molecule has 1 N–H and O–H groups in total. The Hall–Kier alpha value is -4.41. The van der Waals surface area contributed by atoms with Crippen molar-refractivity contribution < 1.29 is 9.18 Å². The van der Waals surface area contributed by atoms with Crippen molar-refractivity contribution in [1.82, 2.24) is 34.7 Å².